The minimum absolute atomic E-state index is 0. The summed E-state index contributed by atoms with van der Waals surface area (Å²) in [6.45, 7) is 2.98. The van der Waals surface area contributed by atoms with Crippen LogP contribution < -0.4 is 113 Å². The van der Waals surface area contributed by atoms with Crippen molar-refractivity contribution in [1.82, 2.24) is 0 Å². The van der Waals surface area contributed by atoms with Gasteiger partial charge < -0.3 is 14.7 Å². The predicted octanol–water partition coefficient (Wildman–Crippen LogP) is -7.26. The molecule has 0 heterocycles. The van der Waals surface area contributed by atoms with Crippen molar-refractivity contribution in [3.05, 3.63) is 12.8 Å². The van der Waals surface area contributed by atoms with Gasteiger partial charge in [0.2, 0.25) is 0 Å². The summed E-state index contributed by atoms with van der Waals surface area (Å²) in [5, 5.41) is 18.6. The summed E-state index contributed by atoms with van der Waals surface area (Å²) in [6.07, 6.45) is 0.824. The average Bonchev–Trinajstić information content (AvgIpc) is 1.62. The van der Waals surface area contributed by atoms with Crippen LogP contribution >= 0.6 is 0 Å². The first kappa shape index (κ1) is 24.1. The maximum atomic E-state index is 9.67. The van der Waals surface area contributed by atoms with Crippen LogP contribution in [0.25, 0.3) is 0 Å². The maximum absolute atomic E-state index is 9.67. The summed E-state index contributed by atoms with van der Waals surface area (Å²) in [5.41, 5.74) is 0. The van der Waals surface area contributed by atoms with Crippen LogP contribution in [-0.2, 0) is 4.65 Å². The molecule has 0 aromatic carbocycles. The van der Waals surface area contributed by atoms with Gasteiger partial charge in [0.15, 0.2) is 0 Å². The van der Waals surface area contributed by atoms with E-state index in [0.717, 1.165) is 6.26 Å². The van der Waals surface area contributed by atoms with E-state index < -0.39 is 14.9 Å². The molecule has 0 aliphatic carbocycles. The molecule has 0 amide bonds. The van der Waals surface area contributed by atoms with Crippen LogP contribution in [0.4, 0.5) is 12.9 Å². The second kappa shape index (κ2) is 19.3. The first-order chi connectivity index (χ1) is 4.50. The zero-order valence-corrected chi connectivity index (χ0v) is 13.0. The summed E-state index contributed by atoms with van der Waals surface area (Å²) in [7, 11) is -5.89. The van der Waals surface area contributed by atoms with E-state index in [-0.39, 0.29) is 103 Å². The standard InChI is InChI=1S/C2H3BO3.BF3.2K/c1-2-6-3(4)5;2-1(3)4;;/h2H,1H2;;;/q-2;;2*+1. The van der Waals surface area contributed by atoms with E-state index in [4.69, 9.17) is 0 Å². The van der Waals surface area contributed by atoms with Crippen molar-refractivity contribution in [2.75, 3.05) is 0 Å². The zero-order chi connectivity index (χ0) is 8.57. The summed E-state index contributed by atoms with van der Waals surface area (Å²) in [4.78, 5) is 0. The fourth-order valence-electron chi connectivity index (χ4n) is 0.0786. The first-order valence-electron chi connectivity index (χ1n) is 2.01. The van der Waals surface area contributed by atoms with E-state index in [1.807, 2.05) is 0 Å². The molecule has 0 saturated heterocycles. The molecule has 10 heteroatoms. The van der Waals surface area contributed by atoms with Crippen LogP contribution in [0.15, 0.2) is 12.8 Å². The Morgan fingerprint density at radius 2 is 1.42 bits per heavy atom. The van der Waals surface area contributed by atoms with Crippen molar-refractivity contribution in [3.63, 3.8) is 0 Å². The molecule has 0 N–H and O–H groups in total. The third kappa shape index (κ3) is 53.8. The third-order valence-corrected chi connectivity index (χ3v) is 0.207. The van der Waals surface area contributed by atoms with Crippen molar-refractivity contribution in [3.8, 4) is 0 Å². The summed E-state index contributed by atoms with van der Waals surface area (Å²) >= 11 is 0. The van der Waals surface area contributed by atoms with Gasteiger partial charge in [0.05, 0.1) is 0 Å². The molecule has 12 heavy (non-hydrogen) atoms. The van der Waals surface area contributed by atoms with E-state index in [1.54, 1.807) is 0 Å². The number of halogens is 3. The maximum Gasteiger partial charge on any atom is 1.00 e. The molecule has 0 aromatic heterocycles. The molecule has 58 valence electrons. The Morgan fingerprint density at radius 1 is 1.17 bits per heavy atom. The molecule has 0 unspecified atom stereocenters. The summed E-state index contributed by atoms with van der Waals surface area (Å²) in [6, 6.07) is 0. The molecule has 0 radical (unpaired) electrons. The van der Waals surface area contributed by atoms with Gasteiger partial charge in [-0.15, -0.1) is 0 Å². The smallest absolute Gasteiger partial charge is 0.860 e. The zero-order valence-electron chi connectivity index (χ0n) is 6.80. The van der Waals surface area contributed by atoms with Gasteiger partial charge in [0.25, 0.3) is 0 Å². The quantitative estimate of drug-likeness (QED) is 0.351. The Morgan fingerprint density at radius 3 is 1.42 bits per heavy atom. The van der Waals surface area contributed by atoms with Crippen molar-refractivity contribution < 1.29 is 130 Å². The largest absolute Gasteiger partial charge is 1.00 e. The van der Waals surface area contributed by atoms with Crippen molar-refractivity contribution in [2.45, 2.75) is 0 Å². The van der Waals surface area contributed by atoms with Gasteiger partial charge in [-0.3, -0.25) is 12.9 Å². The topological polar surface area (TPSA) is 55.3 Å². The summed E-state index contributed by atoms with van der Waals surface area (Å²) < 4.78 is 32.7. The van der Waals surface area contributed by atoms with Crippen LogP contribution in [-0.4, -0.2) is 14.9 Å². The molecule has 0 atom stereocenters. The fraction of sp³-hybridized carbons (Fsp3) is 0. The van der Waals surface area contributed by atoms with E-state index in [2.05, 4.69) is 11.2 Å². The van der Waals surface area contributed by atoms with Gasteiger partial charge in [0, 0.05) is 6.26 Å². The van der Waals surface area contributed by atoms with E-state index >= 15 is 0 Å². The van der Waals surface area contributed by atoms with Crippen LogP contribution in [0.5, 0.6) is 0 Å². The Kier molecular flexibility index (Phi) is 38.6. The molecule has 0 aliphatic rings. The number of hydrogen-bond acceptors (Lipinski definition) is 3. The van der Waals surface area contributed by atoms with Gasteiger partial charge in [-0.1, -0.05) is 6.58 Å². The van der Waals surface area contributed by atoms with E-state index in [1.165, 1.54) is 0 Å². The van der Waals surface area contributed by atoms with Gasteiger partial charge in [-0.2, -0.15) is 0 Å². The van der Waals surface area contributed by atoms with Crippen molar-refractivity contribution in [1.29, 1.82) is 0 Å². The van der Waals surface area contributed by atoms with Gasteiger partial charge in [-0.05, 0) is 0 Å². The molecule has 3 nitrogen and oxygen atoms in total. The minimum atomic E-state index is -3.67. The second-order valence-electron chi connectivity index (χ2n) is 0.839. The normalized spacial score (nSPS) is 5.75. The third-order valence-electron chi connectivity index (χ3n) is 0.207. The Bertz CT molecular complexity index is 85.2. The SMILES string of the molecule is C=COB([O-])[O-].FB(F)F.[K+].[K+]. The van der Waals surface area contributed by atoms with Gasteiger partial charge in [0.1, 0.15) is 7.32 Å². The second-order valence-corrected chi connectivity index (χ2v) is 0.839. The van der Waals surface area contributed by atoms with Crippen molar-refractivity contribution in [2.24, 2.45) is 0 Å². The molecular weight excluding hydrogens is 229 g/mol. The van der Waals surface area contributed by atoms with E-state index in [0.29, 0.717) is 0 Å². The van der Waals surface area contributed by atoms with E-state index in [9.17, 15) is 23.0 Å². The average molecular weight is 232 g/mol. The van der Waals surface area contributed by atoms with Crippen LogP contribution in [0.2, 0.25) is 0 Å². The Hall–Kier alpha value is 2.65. The number of hydrogen-bond donors (Lipinski definition) is 0. The van der Waals surface area contributed by atoms with Gasteiger partial charge >= 0.3 is 110 Å². The molecule has 0 bridgehead atoms. The first-order valence-corrected chi connectivity index (χ1v) is 2.01. The van der Waals surface area contributed by atoms with Crippen molar-refractivity contribution >= 4 is 14.9 Å². The van der Waals surface area contributed by atoms with Crippen LogP contribution in [0, 0.1) is 0 Å². The molecule has 0 spiro atoms. The molecule has 0 aromatic rings. The molecule has 0 aliphatic heterocycles. The van der Waals surface area contributed by atoms with Gasteiger partial charge in [-0.25, -0.2) is 0 Å². The Labute approximate surface area is 154 Å². The predicted molar refractivity (Wildman–Crippen MR) is 26.1 cm³/mol. The monoisotopic (exact) mass is 232 g/mol. The molecule has 0 saturated carbocycles. The molecule has 0 rings (SSSR count). The molecule has 0 fully saturated rings. The minimum Gasteiger partial charge on any atom is -0.860 e. The van der Waals surface area contributed by atoms with Crippen LogP contribution in [0.3, 0.4) is 0 Å². The summed E-state index contributed by atoms with van der Waals surface area (Å²) in [5.74, 6) is 0. The Balaban J connectivity index is -0.0000000483. The fourth-order valence-corrected chi connectivity index (χ4v) is 0.0786. The molecular formula is C2H3B2F3K2O3. The number of rotatable bonds is 2. The van der Waals surface area contributed by atoms with Crippen LogP contribution in [0.1, 0.15) is 0 Å².